The number of hydrogen-bond acceptors (Lipinski definition) is 3. The second kappa shape index (κ2) is 4.97. The fraction of sp³-hybridized carbons (Fsp3) is 0.750. The minimum absolute atomic E-state index is 0.342. The molecule has 90 valence electrons. The van der Waals surface area contributed by atoms with Gasteiger partial charge in [0.25, 0.3) is 0 Å². The highest BCUT2D eigenvalue weighted by Gasteiger charge is 2.35. The van der Waals surface area contributed by atoms with E-state index in [1.165, 1.54) is 6.42 Å². The number of aromatic nitrogens is 2. The molecular weight excluding hydrogens is 202 g/mol. The fourth-order valence-corrected chi connectivity index (χ4v) is 1.92. The second-order valence-corrected chi connectivity index (χ2v) is 4.98. The molecule has 1 aromatic heterocycles. The Morgan fingerprint density at radius 2 is 2.38 bits per heavy atom. The average Bonchev–Trinajstić information content (AvgIpc) is 2.84. The van der Waals surface area contributed by atoms with Gasteiger partial charge in [-0.05, 0) is 38.6 Å². The molecule has 1 aliphatic rings. The number of aliphatic hydroxyl groups is 1. The summed E-state index contributed by atoms with van der Waals surface area (Å²) in [6.07, 6.45) is 5.15. The van der Waals surface area contributed by atoms with Crippen LogP contribution in [0.25, 0.3) is 0 Å². The summed E-state index contributed by atoms with van der Waals surface area (Å²) in [5, 5.41) is 12.3. The molecule has 0 unspecified atom stereocenters. The molecule has 0 radical (unpaired) electrons. The van der Waals surface area contributed by atoms with E-state index in [1.54, 1.807) is 0 Å². The first-order chi connectivity index (χ1) is 7.70. The van der Waals surface area contributed by atoms with Gasteiger partial charge < -0.3 is 15.0 Å². The molecule has 0 bridgehead atoms. The van der Waals surface area contributed by atoms with Crippen molar-refractivity contribution in [3.8, 4) is 0 Å². The van der Waals surface area contributed by atoms with E-state index in [0.717, 1.165) is 18.8 Å². The van der Waals surface area contributed by atoms with Crippen molar-refractivity contribution in [3.63, 3.8) is 0 Å². The van der Waals surface area contributed by atoms with Crippen LogP contribution < -0.4 is 5.32 Å². The molecular formula is C12H21N3O. The Morgan fingerprint density at radius 3 is 2.94 bits per heavy atom. The van der Waals surface area contributed by atoms with Crippen molar-refractivity contribution in [1.29, 1.82) is 0 Å². The minimum Gasteiger partial charge on any atom is -0.396 e. The first kappa shape index (κ1) is 11.6. The van der Waals surface area contributed by atoms with E-state index in [9.17, 15) is 0 Å². The Bertz CT molecular complexity index is 335. The van der Waals surface area contributed by atoms with Crippen molar-refractivity contribution >= 4 is 0 Å². The van der Waals surface area contributed by atoms with Gasteiger partial charge in [-0.25, -0.2) is 4.98 Å². The highest BCUT2D eigenvalue weighted by molar-refractivity contribution is 4.97. The number of rotatable bonds is 6. The lowest BCUT2D eigenvalue weighted by Gasteiger charge is -2.04. The van der Waals surface area contributed by atoms with Gasteiger partial charge in [-0.2, -0.15) is 0 Å². The monoisotopic (exact) mass is 223 g/mol. The van der Waals surface area contributed by atoms with Crippen LogP contribution in [0.2, 0.25) is 0 Å². The van der Waals surface area contributed by atoms with E-state index in [0.29, 0.717) is 24.5 Å². The van der Waals surface area contributed by atoms with E-state index >= 15 is 0 Å². The smallest absolute Gasteiger partial charge is 0.0952 e. The predicted molar refractivity (Wildman–Crippen MR) is 63.0 cm³/mol. The van der Waals surface area contributed by atoms with Crippen LogP contribution in [0.3, 0.4) is 0 Å². The molecule has 4 nitrogen and oxygen atoms in total. The van der Waals surface area contributed by atoms with Crippen LogP contribution >= 0.6 is 0 Å². The third kappa shape index (κ3) is 2.83. The predicted octanol–water partition coefficient (Wildman–Crippen LogP) is 1.18. The summed E-state index contributed by atoms with van der Waals surface area (Å²) in [4.78, 5) is 4.34. The van der Waals surface area contributed by atoms with Crippen LogP contribution in [0, 0.1) is 11.8 Å². The van der Waals surface area contributed by atoms with Crippen LogP contribution in [-0.2, 0) is 6.54 Å². The second-order valence-electron chi connectivity index (χ2n) is 4.98. The Labute approximate surface area is 96.7 Å². The van der Waals surface area contributed by atoms with E-state index in [-0.39, 0.29) is 0 Å². The Hall–Kier alpha value is -0.870. The lowest BCUT2D eigenvalue weighted by Crippen LogP contribution is -2.17. The largest absolute Gasteiger partial charge is 0.396 e. The van der Waals surface area contributed by atoms with Crippen molar-refractivity contribution in [2.24, 2.45) is 11.8 Å². The average molecular weight is 223 g/mol. The molecule has 1 saturated carbocycles. The third-order valence-electron chi connectivity index (χ3n) is 3.27. The number of nitrogens with zero attached hydrogens (tertiary/aromatic N) is 2. The van der Waals surface area contributed by atoms with Gasteiger partial charge >= 0.3 is 0 Å². The van der Waals surface area contributed by atoms with Crippen molar-refractivity contribution in [2.45, 2.75) is 32.9 Å². The quantitative estimate of drug-likeness (QED) is 0.761. The van der Waals surface area contributed by atoms with Gasteiger partial charge in [0.2, 0.25) is 0 Å². The molecule has 0 amide bonds. The van der Waals surface area contributed by atoms with Crippen LogP contribution in [0.4, 0.5) is 0 Å². The first-order valence-electron chi connectivity index (χ1n) is 6.04. The van der Waals surface area contributed by atoms with Crippen molar-refractivity contribution < 1.29 is 5.11 Å². The standard InChI is InChI=1S/C12H21N3O/c1-9(2)15-6-12(14-8-15)5-13-4-10-3-11(10)7-16/h6,8-11,13,16H,3-5,7H2,1-2H3/t10-,11+/m0/s1. The number of hydrogen-bond donors (Lipinski definition) is 2. The number of nitrogens with one attached hydrogen (secondary N) is 1. The molecule has 1 aliphatic carbocycles. The normalized spacial score (nSPS) is 24.0. The van der Waals surface area contributed by atoms with Gasteiger partial charge in [0, 0.05) is 25.4 Å². The zero-order valence-electron chi connectivity index (χ0n) is 10.1. The fourth-order valence-electron chi connectivity index (χ4n) is 1.92. The first-order valence-corrected chi connectivity index (χ1v) is 6.04. The van der Waals surface area contributed by atoms with Gasteiger partial charge in [0.15, 0.2) is 0 Å². The lowest BCUT2D eigenvalue weighted by atomic mass is 10.3. The third-order valence-corrected chi connectivity index (χ3v) is 3.27. The maximum absolute atomic E-state index is 8.91. The Kier molecular flexibility index (Phi) is 3.61. The van der Waals surface area contributed by atoms with Gasteiger partial charge in [-0.3, -0.25) is 0 Å². The molecule has 0 aromatic carbocycles. The summed E-state index contributed by atoms with van der Waals surface area (Å²) in [6, 6.07) is 0.475. The minimum atomic E-state index is 0.342. The summed E-state index contributed by atoms with van der Waals surface area (Å²) in [5.74, 6) is 1.22. The summed E-state index contributed by atoms with van der Waals surface area (Å²) >= 11 is 0. The number of imidazole rings is 1. The molecule has 1 aromatic rings. The summed E-state index contributed by atoms with van der Waals surface area (Å²) in [7, 11) is 0. The molecule has 0 saturated heterocycles. The van der Waals surface area contributed by atoms with E-state index in [2.05, 4.69) is 34.9 Å². The molecule has 4 heteroatoms. The van der Waals surface area contributed by atoms with Crippen molar-refractivity contribution in [3.05, 3.63) is 18.2 Å². The molecule has 2 rings (SSSR count). The van der Waals surface area contributed by atoms with Crippen LogP contribution in [0.5, 0.6) is 0 Å². The van der Waals surface area contributed by atoms with Gasteiger partial charge in [-0.15, -0.1) is 0 Å². The number of aliphatic hydroxyl groups excluding tert-OH is 1. The Balaban J connectivity index is 1.69. The summed E-state index contributed by atoms with van der Waals surface area (Å²) in [5.41, 5.74) is 1.09. The van der Waals surface area contributed by atoms with Crippen LogP contribution in [-0.4, -0.2) is 27.8 Å². The van der Waals surface area contributed by atoms with Gasteiger partial charge in [0.1, 0.15) is 0 Å². The van der Waals surface area contributed by atoms with Gasteiger partial charge in [0.05, 0.1) is 12.0 Å². The van der Waals surface area contributed by atoms with E-state index in [1.807, 2.05) is 6.33 Å². The molecule has 0 aliphatic heterocycles. The zero-order chi connectivity index (χ0) is 11.5. The highest BCUT2D eigenvalue weighted by atomic mass is 16.3. The van der Waals surface area contributed by atoms with Crippen LogP contribution in [0.15, 0.2) is 12.5 Å². The molecule has 2 atom stereocenters. The van der Waals surface area contributed by atoms with Crippen molar-refractivity contribution in [1.82, 2.24) is 14.9 Å². The molecule has 16 heavy (non-hydrogen) atoms. The molecule has 1 heterocycles. The Morgan fingerprint density at radius 1 is 1.56 bits per heavy atom. The molecule has 2 N–H and O–H groups in total. The summed E-state index contributed by atoms with van der Waals surface area (Å²) in [6.45, 7) is 6.46. The maximum atomic E-state index is 8.91. The topological polar surface area (TPSA) is 50.1 Å². The SMILES string of the molecule is CC(C)n1cnc(CNC[C@@H]2C[C@@H]2CO)c1. The van der Waals surface area contributed by atoms with E-state index < -0.39 is 0 Å². The van der Waals surface area contributed by atoms with E-state index in [4.69, 9.17) is 5.11 Å². The van der Waals surface area contributed by atoms with Crippen LogP contribution in [0.1, 0.15) is 32.0 Å². The molecule has 1 fully saturated rings. The highest BCUT2D eigenvalue weighted by Crippen LogP contribution is 2.36. The van der Waals surface area contributed by atoms with Gasteiger partial charge in [-0.1, -0.05) is 0 Å². The zero-order valence-corrected chi connectivity index (χ0v) is 10.1. The maximum Gasteiger partial charge on any atom is 0.0952 e. The molecule has 0 spiro atoms. The van der Waals surface area contributed by atoms with Crippen molar-refractivity contribution in [2.75, 3.05) is 13.2 Å². The summed E-state index contributed by atoms with van der Waals surface area (Å²) < 4.78 is 2.12. The lowest BCUT2D eigenvalue weighted by molar-refractivity contribution is 0.268.